The zero-order valence-corrected chi connectivity index (χ0v) is 12.4. The van der Waals surface area contributed by atoms with Crippen molar-refractivity contribution in [3.63, 3.8) is 0 Å². The van der Waals surface area contributed by atoms with Crippen molar-refractivity contribution in [2.24, 2.45) is 0 Å². The minimum Gasteiger partial charge on any atom is -0.225 e. The van der Waals surface area contributed by atoms with Crippen molar-refractivity contribution < 1.29 is 0 Å². The van der Waals surface area contributed by atoms with E-state index in [0.29, 0.717) is 11.6 Å². The van der Waals surface area contributed by atoms with Gasteiger partial charge in [0.25, 0.3) is 0 Å². The van der Waals surface area contributed by atoms with Crippen LogP contribution in [-0.2, 0) is 6.54 Å². The summed E-state index contributed by atoms with van der Waals surface area (Å²) in [6, 6.07) is 7.47. The lowest BCUT2D eigenvalue weighted by Gasteiger charge is -2.05. The molecule has 0 amide bonds. The van der Waals surface area contributed by atoms with Crippen LogP contribution in [0.25, 0.3) is 5.69 Å². The second-order valence-corrected chi connectivity index (χ2v) is 5.37. The van der Waals surface area contributed by atoms with E-state index in [1.165, 1.54) is 0 Å². The summed E-state index contributed by atoms with van der Waals surface area (Å²) in [6.45, 7) is 4.57. The molecule has 2 aromatic heterocycles. The standard InChI is InChI=1S/C13H14ClN7/c1-9(2)13-16-12(7-20-8-15-18-19-20)21(17-13)11-5-3-10(14)4-6-11/h3-6,8-9H,7H2,1-2H3. The summed E-state index contributed by atoms with van der Waals surface area (Å²) >= 11 is 5.93. The van der Waals surface area contributed by atoms with Crippen LogP contribution in [0, 0.1) is 0 Å². The summed E-state index contributed by atoms with van der Waals surface area (Å²) in [4.78, 5) is 4.59. The second kappa shape index (κ2) is 5.61. The molecule has 7 nitrogen and oxygen atoms in total. The van der Waals surface area contributed by atoms with Crippen LogP contribution in [0.1, 0.15) is 31.4 Å². The molecule has 0 aliphatic carbocycles. The molecular weight excluding hydrogens is 290 g/mol. The molecule has 1 aromatic carbocycles. The van der Waals surface area contributed by atoms with Gasteiger partial charge in [-0.25, -0.2) is 14.3 Å². The average Bonchev–Trinajstić information content (AvgIpc) is 3.10. The molecule has 2 heterocycles. The molecule has 21 heavy (non-hydrogen) atoms. The highest BCUT2D eigenvalue weighted by Crippen LogP contribution is 2.17. The minimum atomic E-state index is 0.242. The van der Waals surface area contributed by atoms with Gasteiger partial charge in [0.2, 0.25) is 0 Å². The molecule has 0 N–H and O–H groups in total. The van der Waals surface area contributed by atoms with Crippen LogP contribution in [0.2, 0.25) is 5.02 Å². The Bertz CT molecular complexity index is 716. The maximum atomic E-state index is 5.93. The van der Waals surface area contributed by atoms with Crippen molar-refractivity contribution in [3.05, 3.63) is 47.3 Å². The third-order valence-corrected chi connectivity index (χ3v) is 3.22. The Balaban J connectivity index is 2.02. The van der Waals surface area contributed by atoms with Gasteiger partial charge in [-0.05, 0) is 34.7 Å². The van der Waals surface area contributed by atoms with E-state index < -0.39 is 0 Å². The van der Waals surface area contributed by atoms with E-state index in [4.69, 9.17) is 11.6 Å². The highest BCUT2D eigenvalue weighted by molar-refractivity contribution is 6.30. The molecule has 0 spiro atoms. The number of hydrogen-bond acceptors (Lipinski definition) is 5. The molecule has 0 saturated heterocycles. The van der Waals surface area contributed by atoms with E-state index in [0.717, 1.165) is 17.3 Å². The predicted molar refractivity (Wildman–Crippen MR) is 77.4 cm³/mol. The molecule has 0 atom stereocenters. The van der Waals surface area contributed by atoms with Crippen LogP contribution in [0.4, 0.5) is 0 Å². The quantitative estimate of drug-likeness (QED) is 0.737. The molecule has 8 heteroatoms. The zero-order chi connectivity index (χ0) is 14.8. The van der Waals surface area contributed by atoms with Gasteiger partial charge in [0.1, 0.15) is 12.9 Å². The first kappa shape index (κ1) is 13.7. The van der Waals surface area contributed by atoms with E-state index in [1.807, 2.05) is 24.3 Å². The molecule has 0 aliphatic rings. The number of halogens is 1. The van der Waals surface area contributed by atoms with Gasteiger partial charge in [-0.2, -0.15) is 5.10 Å². The Morgan fingerprint density at radius 1 is 1.19 bits per heavy atom. The molecule has 0 saturated carbocycles. The lowest BCUT2D eigenvalue weighted by molar-refractivity contribution is 0.609. The van der Waals surface area contributed by atoms with Crippen molar-refractivity contribution in [1.29, 1.82) is 0 Å². The molecule has 0 bridgehead atoms. The second-order valence-electron chi connectivity index (χ2n) is 4.94. The van der Waals surface area contributed by atoms with Gasteiger partial charge in [0.05, 0.1) is 5.69 Å². The summed E-state index contributed by atoms with van der Waals surface area (Å²) in [5.74, 6) is 1.80. The summed E-state index contributed by atoms with van der Waals surface area (Å²) in [5, 5.41) is 16.4. The fourth-order valence-electron chi connectivity index (χ4n) is 1.90. The van der Waals surface area contributed by atoms with E-state index in [9.17, 15) is 0 Å². The molecule has 108 valence electrons. The van der Waals surface area contributed by atoms with Crippen LogP contribution in [-0.4, -0.2) is 35.0 Å². The molecule has 0 aliphatic heterocycles. The first-order valence-corrected chi connectivity index (χ1v) is 6.94. The molecule has 3 aromatic rings. The SMILES string of the molecule is CC(C)c1nc(Cn2cnnn2)n(-c2ccc(Cl)cc2)n1. The van der Waals surface area contributed by atoms with Crippen molar-refractivity contribution in [3.8, 4) is 5.69 Å². The number of benzene rings is 1. The van der Waals surface area contributed by atoms with Gasteiger partial charge < -0.3 is 0 Å². The van der Waals surface area contributed by atoms with Gasteiger partial charge in [-0.3, -0.25) is 0 Å². The lowest BCUT2D eigenvalue weighted by atomic mass is 10.2. The largest absolute Gasteiger partial charge is 0.225 e. The van der Waals surface area contributed by atoms with Crippen LogP contribution in [0.5, 0.6) is 0 Å². The van der Waals surface area contributed by atoms with Crippen LogP contribution >= 0.6 is 11.6 Å². The molecule has 0 fully saturated rings. The van der Waals surface area contributed by atoms with Crippen molar-refractivity contribution in [2.75, 3.05) is 0 Å². The van der Waals surface area contributed by atoms with Gasteiger partial charge >= 0.3 is 0 Å². The summed E-state index contributed by atoms with van der Waals surface area (Å²) in [7, 11) is 0. The maximum Gasteiger partial charge on any atom is 0.154 e. The first-order valence-electron chi connectivity index (χ1n) is 6.56. The fraction of sp³-hybridized carbons (Fsp3) is 0.308. The fourth-order valence-corrected chi connectivity index (χ4v) is 2.02. The average molecular weight is 304 g/mol. The normalized spacial score (nSPS) is 11.2. The topological polar surface area (TPSA) is 74.3 Å². The highest BCUT2D eigenvalue weighted by atomic mass is 35.5. The number of aromatic nitrogens is 7. The highest BCUT2D eigenvalue weighted by Gasteiger charge is 2.14. The lowest BCUT2D eigenvalue weighted by Crippen LogP contribution is -2.09. The van der Waals surface area contributed by atoms with Gasteiger partial charge in [-0.15, -0.1) is 5.10 Å². The summed E-state index contributed by atoms with van der Waals surface area (Å²) in [5.41, 5.74) is 0.905. The molecular formula is C13H14ClN7. The van der Waals surface area contributed by atoms with E-state index in [1.54, 1.807) is 15.7 Å². The molecule has 0 unspecified atom stereocenters. The van der Waals surface area contributed by atoms with Crippen LogP contribution < -0.4 is 0 Å². The molecule has 3 rings (SSSR count). The Morgan fingerprint density at radius 3 is 2.57 bits per heavy atom. The van der Waals surface area contributed by atoms with Crippen molar-refractivity contribution >= 4 is 11.6 Å². The third kappa shape index (κ3) is 2.92. The Hall–Kier alpha value is -2.28. The maximum absolute atomic E-state index is 5.93. The third-order valence-electron chi connectivity index (χ3n) is 2.97. The van der Waals surface area contributed by atoms with Gasteiger partial charge in [0.15, 0.2) is 11.6 Å². The van der Waals surface area contributed by atoms with Crippen LogP contribution in [0.3, 0.4) is 0 Å². The molecule has 0 radical (unpaired) electrons. The van der Waals surface area contributed by atoms with Gasteiger partial charge in [-0.1, -0.05) is 25.4 Å². The number of hydrogen-bond donors (Lipinski definition) is 0. The first-order chi connectivity index (χ1) is 10.1. The number of nitrogens with zero attached hydrogens (tertiary/aromatic N) is 7. The number of rotatable bonds is 4. The van der Waals surface area contributed by atoms with E-state index in [2.05, 4.69) is 39.5 Å². The zero-order valence-electron chi connectivity index (χ0n) is 11.7. The monoisotopic (exact) mass is 303 g/mol. The van der Waals surface area contributed by atoms with E-state index >= 15 is 0 Å². The van der Waals surface area contributed by atoms with E-state index in [-0.39, 0.29) is 5.92 Å². The Kier molecular flexibility index (Phi) is 3.66. The Morgan fingerprint density at radius 2 is 1.95 bits per heavy atom. The van der Waals surface area contributed by atoms with Crippen molar-refractivity contribution in [1.82, 2.24) is 35.0 Å². The Labute approximate surface area is 126 Å². The minimum absolute atomic E-state index is 0.242. The predicted octanol–water partition coefficient (Wildman–Crippen LogP) is 2.08. The smallest absolute Gasteiger partial charge is 0.154 e. The van der Waals surface area contributed by atoms with Crippen molar-refractivity contribution in [2.45, 2.75) is 26.3 Å². The van der Waals surface area contributed by atoms with Gasteiger partial charge in [0, 0.05) is 10.9 Å². The number of tetrazole rings is 1. The summed E-state index contributed by atoms with van der Waals surface area (Å²) in [6.07, 6.45) is 1.55. The van der Waals surface area contributed by atoms with Crippen LogP contribution in [0.15, 0.2) is 30.6 Å². The summed E-state index contributed by atoms with van der Waals surface area (Å²) < 4.78 is 3.41.